The summed E-state index contributed by atoms with van der Waals surface area (Å²) in [6.07, 6.45) is 5.73. The summed E-state index contributed by atoms with van der Waals surface area (Å²) in [7, 11) is 3.36. The maximum absolute atomic E-state index is 5.56. The number of methoxy groups -OCH3 is 2. The summed E-state index contributed by atoms with van der Waals surface area (Å²) in [4.78, 5) is 7.26. The van der Waals surface area contributed by atoms with Crippen LogP contribution in [0.2, 0.25) is 0 Å². The lowest BCUT2D eigenvalue weighted by molar-refractivity contribution is 0.356. The molecule has 134 valence electrons. The first-order valence-corrected chi connectivity index (χ1v) is 9.17. The van der Waals surface area contributed by atoms with Crippen LogP contribution in [0.4, 0.5) is 5.82 Å². The molecule has 1 aliphatic heterocycles. The summed E-state index contributed by atoms with van der Waals surface area (Å²) in [6.45, 7) is 2.11. The second kappa shape index (κ2) is 7.24. The van der Waals surface area contributed by atoms with Gasteiger partial charge in [0.05, 0.1) is 14.2 Å². The number of fused-ring (bicyclic) bond motifs is 1. The van der Waals surface area contributed by atoms with Crippen LogP contribution in [0, 0.1) is 0 Å². The van der Waals surface area contributed by atoms with Crippen molar-refractivity contribution in [2.75, 3.05) is 32.2 Å². The lowest BCUT2D eigenvalue weighted by atomic mass is 9.99. The Labute approximate surface area is 154 Å². The predicted molar refractivity (Wildman–Crippen MR) is 106 cm³/mol. The molecule has 0 spiro atoms. The first kappa shape index (κ1) is 16.7. The molecule has 0 saturated carbocycles. The van der Waals surface area contributed by atoms with Crippen LogP contribution in [0.15, 0.2) is 48.7 Å². The Bertz CT molecular complexity index is 903. The molecule has 0 aliphatic carbocycles. The van der Waals surface area contributed by atoms with Crippen LogP contribution >= 0.6 is 0 Å². The zero-order valence-electron chi connectivity index (χ0n) is 15.4. The maximum Gasteiger partial charge on any atom is 0.161 e. The molecule has 0 atom stereocenters. The van der Waals surface area contributed by atoms with Crippen LogP contribution in [0.1, 0.15) is 19.3 Å². The van der Waals surface area contributed by atoms with Gasteiger partial charge in [-0.3, -0.25) is 0 Å². The van der Waals surface area contributed by atoms with Gasteiger partial charge in [0, 0.05) is 30.2 Å². The van der Waals surface area contributed by atoms with E-state index in [1.165, 1.54) is 19.3 Å². The Morgan fingerprint density at radius 1 is 0.846 bits per heavy atom. The van der Waals surface area contributed by atoms with Gasteiger partial charge in [0.15, 0.2) is 11.5 Å². The average molecular weight is 348 g/mol. The van der Waals surface area contributed by atoms with Crippen molar-refractivity contribution in [3.05, 3.63) is 48.7 Å². The van der Waals surface area contributed by atoms with E-state index in [1.54, 1.807) is 14.2 Å². The second-order valence-electron chi connectivity index (χ2n) is 6.66. The monoisotopic (exact) mass is 348 g/mol. The fourth-order valence-electron chi connectivity index (χ4n) is 3.76. The molecule has 3 aromatic rings. The van der Waals surface area contributed by atoms with Crippen molar-refractivity contribution in [3.8, 4) is 22.6 Å². The molecule has 1 aromatic heterocycles. The van der Waals surface area contributed by atoms with Gasteiger partial charge in [0.2, 0.25) is 0 Å². The largest absolute Gasteiger partial charge is 0.493 e. The van der Waals surface area contributed by atoms with Crippen molar-refractivity contribution < 1.29 is 9.47 Å². The molecule has 1 saturated heterocycles. The first-order valence-electron chi connectivity index (χ1n) is 9.17. The minimum absolute atomic E-state index is 0.741. The van der Waals surface area contributed by atoms with Gasteiger partial charge < -0.3 is 14.4 Å². The number of piperidine rings is 1. The van der Waals surface area contributed by atoms with Crippen molar-refractivity contribution in [1.82, 2.24) is 4.98 Å². The number of pyridine rings is 1. The summed E-state index contributed by atoms with van der Waals surface area (Å²) < 4.78 is 11.1. The van der Waals surface area contributed by atoms with E-state index in [-0.39, 0.29) is 0 Å². The van der Waals surface area contributed by atoms with E-state index in [0.717, 1.165) is 52.3 Å². The molecule has 0 radical (unpaired) electrons. The molecule has 0 N–H and O–H groups in total. The number of nitrogens with zero attached hydrogens (tertiary/aromatic N) is 2. The van der Waals surface area contributed by atoms with Gasteiger partial charge >= 0.3 is 0 Å². The Balaban J connectivity index is 1.96. The Kier molecular flexibility index (Phi) is 4.65. The second-order valence-corrected chi connectivity index (χ2v) is 6.66. The van der Waals surface area contributed by atoms with Gasteiger partial charge in [-0.2, -0.15) is 0 Å². The third-order valence-electron chi connectivity index (χ3n) is 5.11. The molecule has 0 unspecified atom stereocenters. The normalized spacial score (nSPS) is 14.5. The van der Waals surface area contributed by atoms with E-state index < -0.39 is 0 Å². The van der Waals surface area contributed by atoms with Crippen LogP contribution < -0.4 is 14.4 Å². The fourth-order valence-corrected chi connectivity index (χ4v) is 3.76. The summed E-state index contributed by atoms with van der Waals surface area (Å²) in [5, 5.41) is 2.26. The van der Waals surface area contributed by atoms with Crippen molar-refractivity contribution in [1.29, 1.82) is 0 Å². The topological polar surface area (TPSA) is 34.6 Å². The predicted octanol–water partition coefficient (Wildman–Crippen LogP) is 4.91. The molecule has 2 heterocycles. The van der Waals surface area contributed by atoms with Crippen molar-refractivity contribution in [3.63, 3.8) is 0 Å². The van der Waals surface area contributed by atoms with Crippen LogP contribution in [0.3, 0.4) is 0 Å². The number of hydrogen-bond acceptors (Lipinski definition) is 4. The molecular weight excluding hydrogens is 324 g/mol. The highest BCUT2D eigenvalue weighted by atomic mass is 16.5. The molecule has 4 nitrogen and oxygen atoms in total. The number of aromatic nitrogens is 1. The van der Waals surface area contributed by atoms with Crippen LogP contribution in [0.5, 0.6) is 11.5 Å². The van der Waals surface area contributed by atoms with Crippen LogP contribution in [-0.4, -0.2) is 32.3 Å². The number of rotatable bonds is 4. The number of benzene rings is 2. The quantitative estimate of drug-likeness (QED) is 0.671. The van der Waals surface area contributed by atoms with Gasteiger partial charge in [-0.05, 0) is 42.3 Å². The Morgan fingerprint density at radius 2 is 1.50 bits per heavy atom. The van der Waals surface area contributed by atoms with Gasteiger partial charge in [0.1, 0.15) is 5.82 Å². The zero-order chi connectivity index (χ0) is 17.9. The van der Waals surface area contributed by atoms with E-state index in [1.807, 2.05) is 12.3 Å². The maximum atomic E-state index is 5.56. The zero-order valence-corrected chi connectivity index (χ0v) is 15.4. The summed E-state index contributed by atoms with van der Waals surface area (Å²) in [5.74, 6) is 2.53. The highest BCUT2D eigenvalue weighted by Gasteiger charge is 2.19. The van der Waals surface area contributed by atoms with Gasteiger partial charge in [-0.15, -0.1) is 0 Å². The lowest BCUT2D eigenvalue weighted by Gasteiger charge is -2.29. The molecule has 26 heavy (non-hydrogen) atoms. The van der Waals surface area contributed by atoms with Crippen LogP contribution in [0.25, 0.3) is 21.9 Å². The summed E-state index contributed by atoms with van der Waals surface area (Å²) in [6, 6.07) is 14.5. The van der Waals surface area contributed by atoms with Crippen molar-refractivity contribution in [2.24, 2.45) is 0 Å². The molecule has 4 heteroatoms. The van der Waals surface area contributed by atoms with Crippen molar-refractivity contribution >= 4 is 16.6 Å². The minimum atomic E-state index is 0.741. The molecule has 0 bridgehead atoms. The first-order chi connectivity index (χ1) is 12.8. The molecule has 1 aliphatic rings. The van der Waals surface area contributed by atoms with E-state index >= 15 is 0 Å². The number of hydrogen-bond donors (Lipinski definition) is 0. The Morgan fingerprint density at radius 3 is 2.15 bits per heavy atom. The molecular formula is C22H24N2O2. The van der Waals surface area contributed by atoms with E-state index in [9.17, 15) is 0 Å². The van der Waals surface area contributed by atoms with Crippen LogP contribution in [-0.2, 0) is 0 Å². The van der Waals surface area contributed by atoms with E-state index in [2.05, 4.69) is 41.3 Å². The molecule has 4 rings (SSSR count). The Hall–Kier alpha value is -2.75. The highest BCUT2D eigenvalue weighted by molar-refractivity contribution is 6.03. The van der Waals surface area contributed by atoms with E-state index in [0.29, 0.717) is 0 Å². The van der Waals surface area contributed by atoms with E-state index in [4.69, 9.17) is 14.5 Å². The fraction of sp³-hybridized carbons (Fsp3) is 0.318. The van der Waals surface area contributed by atoms with Crippen molar-refractivity contribution in [2.45, 2.75) is 19.3 Å². The lowest BCUT2D eigenvalue weighted by Crippen LogP contribution is -2.30. The molecule has 1 fully saturated rings. The third kappa shape index (κ3) is 2.96. The average Bonchev–Trinajstić information content (AvgIpc) is 2.73. The van der Waals surface area contributed by atoms with Gasteiger partial charge in [-0.25, -0.2) is 4.98 Å². The third-order valence-corrected chi connectivity index (χ3v) is 5.11. The van der Waals surface area contributed by atoms with Gasteiger partial charge in [-0.1, -0.05) is 30.3 Å². The summed E-state index contributed by atoms with van der Waals surface area (Å²) >= 11 is 0. The molecule has 2 aromatic carbocycles. The number of ether oxygens (including phenoxy) is 2. The SMILES string of the molecule is COc1cc2c(-c3ccccc3)cnc(N3CCCCC3)c2cc1OC. The van der Waals surface area contributed by atoms with Gasteiger partial charge in [0.25, 0.3) is 0 Å². The number of anilines is 1. The highest BCUT2D eigenvalue weighted by Crippen LogP contribution is 2.40. The molecule has 0 amide bonds. The summed E-state index contributed by atoms with van der Waals surface area (Å²) in [5.41, 5.74) is 2.27. The standard InChI is InChI=1S/C22H24N2O2/c1-25-20-13-17-18(14-21(20)26-2)22(24-11-7-4-8-12-24)23-15-19(17)16-9-5-3-6-10-16/h3,5-6,9-10,13-15H,4,7-8,11-12H2,1-2H3. The minimum Gasteiger partial charge on any atom is -0.493 e. The smallest absolute Gasteiger partial charge is 0.161 e.